The van der Waals surface area contributed by atoms with Gasteiger partial charge in [-0.3, -0.25) is 14.9 Å². The maximum Gasteiger partial charge on any atom is 0.338 e. The van der Waals surface area contributed by atoms with Crippen molar-refractivity contribution >= 4 is 34.9 Å². The zero-order chi connectivity index (χ0) is 18.6. The van der Waals surface area contributed by atoms with E-state index in [-0.39, 0.29) is 10.6 Å². The third-order valence-corrected chi connectivity index (χ3v) is 3.82. The Labute approximate surface area is 148 Å². The fourth-order valence-corrected chi connectivity index (χ4v) is 2.20. The zero-order valence-corrected chi connectivity index (χ0v) is 14.3. The van der Waals surface area contributed by atoms with Crippen LogP contribution in [-0.2, 0) is 9.53 Å². The third kappa shape index (κ3) is 4.77. The van der Waals surface area contributed by atoms with Gasteiger partial charge in [-0.1, -0.05) is 17.7 Å². The van der Waals surface area contributed by atoms with Gasteiger partial charge in [0.15, 0.2) is 6.61 Å². The lowest BCUT2D eigenvalue weighted by molar-refractivity contribution is -0.384. The Morgan fingerprint density at radius 2 is 1.88 bits per heavy atom. The Hall–Kier alpha value is -2.93. The first kappa shape index (κ1) is 18.4. The molecule has 1 N–H and O–H groups in total. The molecule has 130 valence electrons. The van der Waals surface area contributed by atoms with E-state index in [1.54, 1.807) is 12.1 Å². The van der Waals surface area contributed by atoms with Gasteiger partial charge in [-0.05, 0) is 49.2 Å². The van der Waals surface area contributed by atoms with E-state index < -0.39 is 29.1 Å². The van der Waals surface area contributed by atoms with Crippen molar-refractivity contribution in [3.8, 4) is 0 Å². The highest BCUT2D eigenvalue weighted by Crippen LogP contribution is 2.25. The SMILES string of the molecule is Cc1ccc(NC(=O)COC(=O)c2ccc(Cl)c([N+](=O)[O-])c2)cc1C. The van der Waals surface area contributed by atoms with Crippen molar-refractivity contribution in [3.05, 3.63) is 68.2 Å². The van der Waals surface area contributed by atoms with E-state index >= 15 is 0 Å². The highest BCUT2D eigenvalue weighted by molar-refractivity contribution is 6.32. The van der Waals surface area contributed by atoms with Gasteiger partial charge in [0.05, 0.1) is 10.5 Å². The monoisotopic (exact) mass is 362 g/mol. The van der Waals surface area contributed by atoms with Crippen LogP contribution in [0.3, 0.4) is 0 Å². The van der Waals surface area contributed by atoms with E-state index in [1.807, 2.05) is 19.9 Å². The topological polar surface area (TPSA) is 98.5 Å². The van der Waals surface area contributed by atoms with Gasteiger partial charge in [0.25, 0.3) is 11.6 Å². The molecular formula is C17H15ClN2O5. The smallest absolute Gasteiger partial charge is 0.338 e. The Bertz CT molecular complexity index is 851. The van der Waals surface area contributed by atoms with Crippen LogP contribution < -0.4 is 5.32 Å². The van der Waals surface area contributed by atoms with Crippen LogP contribution in [0.2, 0.25) is 5.02 Å². The van der Waals surface area contributed by atoms with E-state index in [1.165, 1.54) is 12.1 Å². The van der Waals surface area contributed by atoms with Crippen LogP contribution in [0.5, 0.6) is 0 Å². The molecule has 0 radical (unpaired) electrons. The van der Waals surface area contributed by atoms with Gasteiger partial charge in [0, 0.05) is 11.8 Å². The summed E-state index contributed by atoms with van der Waals surface area (Å²) in [5.41, 5.74) is 2.23. The van der Waals surface area contributed by atoms with Gasteiger partial charge in [-0.15, -0.1) is 0 Å². The third-order valence-electron chi connectivity index (χ3n) is 3.50. The number of halogens is 1. The molecule has 2 aromatic carbocycles. The minimum atomic E-state index is -0.852. The molecule has 0 bridgehead atoms. The molecule has 0 heterocycles. The van der Waals surface area contributed by atoms with Crippen molar-refractivity contribution < 1.29 is 19.2 Å². The fourth-order valence-electron chi connectivity index (χ4n) is 2.01. The normalized spacial score (nSPS) is 10.2. The Kier molecular flexibility index (Phi) is 5.71. The number of nitro benzene ring substituents is 1. The van der Waals surface area contributed by atoms with Crippen LogP contribution >= 0.6 is 11.6 Å². The van der Waals surface area contributed by atoms with Crippen molar-refractivity contribution in [2.45, 2.75) is 13.8 Å². The maximum atomic E-state index is 11.9. The quantitative estimate of drug-likeness (QED) is 0.497. The number of aryl methyl sites for hydroxylation is 2. The van der Waals surface area contributed by atoms with Crippen molar-refractivity contribution in [1.29, 1.82) is 0 Å². The summed E-state index contributed by atoms with van der Waals surface area (Å²) in [7, 11) is 0. The molecule has 25 heavy (non-hydrogen) atoms. The number of benzene rings is 2. The molecule has 2 rings (SSSR count). The van der Waals surface area contributed by atoms with Gasteiger partial charge in [0.1, 0.15) is 5.02 Å². The Morgan fingerprint density at radius 3 is 2.52 bits per heavy atom. The summed E-state index contributed by atoms with van der Waals surface area (Å²) in [5, 5.41) is 13.3. The van der Waals surface area contributed by atoms with E-state index in [4.69, 9.17) is 16.3 Å². The lowest BCUT2D eigenvalue weighted by Crippen LogP contribution is -2.21. The number of carbonyl (C=O) groups excluding carboxylic acids is 2. The predicted octanol–water partition coefficient (Wildman–Crippen LogP) is 3.66. The summed E-state index contributed by atoms with van der Waals surface area (Å²) < 4.78 is 4.87. The van der Waals surface area contributed by atoms with Gasteiger partial charge >= 0.3 is 5.97 Å². The maximum absolute atomic E-state index is 11.9. The molecule has 0 saturated carbocycles. The van der Waals surface area contributed by atoms with Crippen LogP contribution in [0.4, 0.5) is 11.4 Å². The molecule has 7 nitrogen and oxygen atoms in total. The zero-order valence-electron chi connectivity index (χ0n) is 13.5. The highest BCUT2D eigenvalue weighted by Gasteiger charge is 2.18. The minimum absolute atomic E-state index is 0.0601. The number of nitrogens with one attached hydrogen (secondary N) is 1. The summed E-state index contributed by atoms with van der Waals surface area (Å²) in [6.45, 7) is 3.36. The number of anilines is 1. The molecule has 0 atom stereocenters. The molecule has 2 aromatic rings. The largest absolute Gasteiger partial charge is 0.452 e. The van der Waals surface area contributed by atoms with Crippen LogP contribution in [0.25, 0.3) is 0 Å². The molecule has 0 unspecified atom stereocenters. The first-order valence-electron chi connectivity index (χ1n) is 7.26. The molecule has 1 amide bonds. The molecule has 0 spiro atoms. The number of ether oxygens (including phenoxy) is 1. The van der Waals surface area contributed by atoms with E-state index in [0.29, 0.717) is 5.69 Å². The fraction of sp³-hybridized carbons (Fsp3) is 0.176. The van der Waals surface area contributed by atoms with Crippen molar-refractivity contribution in [2.75, 3.05) is 11.9 Å². The van der Waals surface area contributed by atoms with Gasteiger partial charge in [-0.25, -0.2) is 4.79 Å². The number of nitro groups is 1. The summed E-state index contributed by atoms with van der Waals surface area (Å²) in [6, 6.07) is 8.93. The summed E-state index contributed by atoms with van der Waals surface area (Å²) in [4.78, 5) is 33.9. The molecule has 0 aliphatic carbocycles. The van der Waals surface area contributed by atoms with Crippen LogP contribution in [0, 0.1) is 24.0 Å². The number of carbonyl (C=O) groups is 2. The second kappa shape index (κ2) is 7.76. The number of hydrogen-bond donors (Lipinski definition) is 1. The predicted molar refractivity (Wildman–Crippen MR) is 92.9 cm³/mol. The average Bonchev–Trinajstić information content (AvgIpc) is 2.56. The van der Waals surface area contributed by atoms with Crippen molar-refractivity contribution in [1.82, 2.24) is 0 Å². The van der Waals surface area contributed by atoms with E-state index in [0.717, 1.165) is 17.2 Å². The van der Waals surface area contributed by atoms with Gasteiger partial charge in [0.2, 0.25) is 0 Å². The van der Waals surface area contributed by atoms with Crippen LogP contribution in [-0.4, -0.2) is 23.4 Å². The number of hydrogen-bond acceptors (Lipinski definition) is 5. The molecule has 0 saturated heterocycles. The van der Waals surface area contributed by atoms with Gasteiger partial charge in [-0.2, -0.15) is 0 Å². The summed E-state index contributed by atoms with van der Waals surface area (Å²) >= 11 is 5.68. The molecule has 0 aliphatic heterocycles. The van der Waals surface area contributed by atoms with Crippen molar-refractivity contribution in [3.63, 3.8) is 0 Å². The molecule has 8 heteroatoms. The highest BCUT2D eigenvalue weighted by atomic mass is 35.5. The lowest BCUT2D eigenvalue weighted by Gasteiger charge is -2.08. The van der Waals surface area contributed by atoms with Crippen LogP contribution in [0.15, 0.2) is 36.4 Å². The van der Waals surface area contributed by atoms with Crippen molar-refractivity contribution in [2.24, 2.45) is 0 Å². The molecule has 0 aliphatic rings. The van der Waals surface area contributed by atoms with E-state index in [9.17, 15) is 19.7 Å². The Balaban J connectivity index is 1.97. The number of nitrogens with zero attached hydrogens (tertiary/aromatic N) is 1. The second-order valence-electron chi connectivity index (χ2n) is 5.35. The summed E-state index contributed by atoms with van der Waals surface area (Å²) in [6.07, 6.45) is 0. The summed E-state index contributed by atoms with van der Waals surface area (Å²) in [5.74, 6) is -1.37. The lowest BCUT2D eigenvalue weighted by atomic mass is 10.1. The first-order valence-corrected chi connectivity index (χ1v) is 7.64. The number of rotatable bonds is 5. The molecule has 0 aromatic heterocycles. The standard InChI is InChI=1S/C17H15ClN2O5/c1-10-3-5-13(7-11(10)2)19-16(21)9-25-17(22)12-4-6-14(18)15(8-12)20(23)24/h3-8H,9H2,1-2H3,(H,19,21). The molecule has 0 fully saturated rings. The van der Waals surface area contributed by atoms with E-state index in [2.05, 4.69) is 5.32 Å². The number of amides is 1. The minimum Gasteiger partial charge on any atom is -0.452 e. The second-order valence-corrected chi connectivity index (χ2v) is 5.75. The number of esters is 1. The van der Waals surface area contributed by atoms with Crippen LogP contribution in [0.1, 0.15) is 21.5 Å². The molecular weight excluding hydrogens is 348 g/mol. The first-order chi connectivity index (χ1) is 11.8. The van der Waals surface area contributed by atoms with Gasteiger partial charge < -0.3 is 10.1 Å². The average molecular weight is 363 g/mol. The Morgan fingerprint density at radius 1 is 1.16 bits per heavy atom.